The number of rotatable bonds is 8. The van der Waals surface area contributed by atoms with E-state index in [1.165, 1.54) is 28.1 Å². The third kappa shape index (κ3) is 5.09. The molecule has 2 aromatic carbocycles. The lowest BCUT2D eigenvalue weighted by Crippen LogP contribution is -2.32. The molecule has 1 N–H and O–H groups in total. The number of nitrogens with zero attached hydrogens (tertiary/aromatic N) is 3. The van der Waals surface area contributed by atoms with Gasteiger partial charge < -0.3 is 10.0 Å². The standard InChI is InChI=1S/C28H33N3O2/c1-4-5-20-6-9-23(10-7-20)31(3)24-11-12-25-21(18-24)15-17-30(2)27(25)13-8-22-19-29-16-14-26(22)28(32)33/h6-7,9-12,14,16,18-19,27H,4-5,8,13,15,17H2,1-3H3,(H,32,33)/t27-/m1/s1. The van der Waals surface area contributed by atoms with Gasteiger partial charge in [0.05, 0.1) is 5.56 Å². The summed E-state index contributed by atoms with van der Waals surface area (Å²) in [6, 6.07) is 17.5. The van der Waals surface area contributed by atoms with Crippen molar-refractivity contribution in [2.75, 3.05) is 25.5 Å². The Kier molecular flexibility index (Phi) is 7.09. The Morgan fingerprint density at radius 1 is 1.12 bits per heavy atom. The van der Waals surface area contributed by atoms with E-state index in [0.717, 1.165) is 37.8 Å². The van der Waals surface area contributed by atoms with Crippen molar-refractivity contribution in [3.05, 3.63) is 88.7 Å². The van der Waals surface area contributed by atoms with Gasteiger partial charge in [0.25, 0.3) is 0 Å². The van der Waals surface area contributed by atoms with Gasteiger partial charge >= 0.3 is 5.97 Å². The molecular formula is C28H33N3O2. The number of pyridine rings is 1. The number of carboxylic acid groups (broad SMARTS) is 1. The van der Waals surface area contributed by atoms with Crippen LogP contribution in [0.15, 0.2) is 60.9 Å². The number of hydrogen-bond acceptors (Lipinski definition) is 4. The summed E-state index contributed by atoms with van der Waals surface area (Å²) in [5.41, 5.74) is 7.65. The Morgan fingerprint density at radius 2 is 1.88 bits per heavy atom. The van der Waals surface area contributed by atoms with E-state index in [9.17, 15) is 9.90 Å². The Morgan fingerprint density at radius 3 is 2.61 bits per heavy atom. The van der Waals surface area contributed by atoms with Gasteiger partial charge in [-0.1, -0.05) is 31.5 Å². The van der Waals surface area contributed by atoms with Crippen LogP contribution in [-0.4, -0.2) is 41.6 Å². The first kappa shape index (κ1) is 23.0. The third-order valence-corrected chi connectivity index (χ3v) is 6.82. The molecule has 0 saturated heterocycles. The molecule has 5 heteroatoms. The Labute approximate surface area is 196 Å². The second-order valence-corrected chi connectivity index (χ2v) is 8.98. The van der Waals surface area contributed by atoms with E-state index in [2.05, 4.69) is 78.3 Å². The first-order valence-corrected chi connectivity index (χ1v) is 11.8. The van der Waals surface area contributed by atoms with Crippen molar-refractivity contribution in [3.63, 3.8) is 0 Å². The van der Waals surface area contributed by atoms with Crippen molar-refractivity contribution >= 4 is 17.3 Å². The maximum absolute atomic E-state index is 11.6. The zero-order valence-electron chi connectivity index (χ0n) is 19.8. The second-order valence-electron chi connectivity index (χ2n) is 8.98. The van der Waals surface area contributed by atoms with Gasteiger partial charge in [-0.2, -0.15) is 0 Å². The van der Waals surface area contributed by atoms with E-state index < -0.39 is 5.97 Å². The maximum atomic E-state index is 11.6. The fraction of sp³-hybridized carbons (Fsp3) is 0.357. The predicted molar refractivity (Wildman–Crippen MR) is 134 cm³/mol. The molecule has 3 aromatic rings. The number of benzene rings is 2. The molecular weight excluding hydrogens is 410 g/mol. The van der Waals surface area contributed by atoms with Crippen LogP contribution in [0, 0.1) is 0 Å². The molecule has 0 radical (unpaired) electrons. The van der Waals surface area contributed by atoms with Gasteiger partial charge in [0.1, 0.15) is 0 Å². The van der Waals surface area contributed by atoms with E-state index >= 15 is 0 Å². The number of aryl methyl sites for hydroxylation is 2. The molecule has 0 spiro atoms. The summed E-state index contributed by atoms with van der Waals surface area (Å²) in [6.07, 6.45) is 8.09. The average Bonchev–Trinajstić information content (AvgIpc) is 2.83. The minimum Gasteiger partial charge on any atom is -0.478 e. The highest BCUT2D eigenvalue weighted by atomic mass is 16.4. The zero-order chi connectivity index (χ0) is 23.4. The predicted octanol–water partition coefficient (Wildman–Crippen LogP) is 5.66. The Hall–Kier alpha value is -3.18. The smallest absolute Gasteiger partial charge is 0.336 e. The van der Waals surface area contributed by atoms with Crippen LogP contribution >= 0.6 is 0 Å². The Balaban J connectivity index is 1.53. The Bertz CT molecular complexity index is 1110. The number of carboxylic acids is 1. The number of aromatic carboxylic acids is 1. The fourth-order valence-electron chi connectivity index (χ4n) is 4.86. The van der Waals surface area contributed by atoms with Crippen LogP contribution in [0.3, 0.4) is 0 Å². The van der Waals surface area contributed by atoms with Crippen LogP contribution in [0.5, 0.6) is 0 Å². The number of carbonyl (C=O) groups is 1. The molecule has 0 amide bonds. The van der Waals surface area contributed by atoms with Gasteiger partial charge in [-0.15, -0.1) is 0 Å². The maximum Gasteiger partial charge on any atom is 0.336 e. The largest absolute Gasteiger partial charge is 0.478 e. The number of anilines is 2. The molecule has 172 valence electrons. The number of hydrogen-bond donors (Lipinski definition) is 1. The van der Waals surface area contributed by atoms with Gasteiger partial charge in [-0.25, -0.2) is 4.79 Å². The molecule has 1 atom stereocenters. The summed E-state index contributed by atoms with van der Waals surface area (Å²) < 4.78 is 0. The lowest BCUT2D eigenvalue weighted by atomic mass is 9.88. The van der Waals surface area contributed by atoms with Crippen molar-refractivity contribution in [1.82, 2.24) is 9.88 Å². The third-order valence-electron chi connectivity index (χ3n) is 6.82. The van der Waals surface area contributed by atoms with E-state index in [-0.39, 0.29) is 6.04 Å². The number of aromatic nitrogens is 1. The van der Waals surface area contributed by atoms with Gasteiger partial charge in [0, 0.05) is 43.4 Å². The lowest BCUT2D eigenvalue weighted by Gasteiger charge is -2.35. The van der Waals surface area contributed by atoms with E-state index in [4.69, 9.17) is 0 Å². The molecule has 0 saturated carbocycles. The van der Waals surface area contributed by atoms with Gasteiger partial charge in [0.15, 0.2) is 0 Å². The molecule has 0 bridgehead atoms. The van der Waals surface area contributed by atoms with Crippen LogP contribution in [0.2, 0.25) is 0 Å². The molecule has 0 fully saturated rings. The first-order chi connectivity index (χ1) is 16.0. The van der Waals surface area contributed by atoms with Crippen molar-refractivity contribution in [3.8, 4) is 0 Å². The molecule has 33 heavy (non-hydrogen) atoms. The van der Waals surface area contributed by atoms with E-state index in [1.54, 1.807) is 18.5 Å². The summed E-state index contributed by atoms with van der Waals surface area (Å²) in [5.74, 6) is -0.889. The van der Waals surface area contributed by atoms with Crippen LogP contribution in [0.1, 0.15) is 58.4 Å². The van der Waals surface area contributed by atoms with Crippen molar-refractivity contribution in [1.29, 1.82) is 0 Å². The quantitative estimate of drug-likeness (QED) is 0.487. The zero-order valence-corrected chi connectivity index (χ0v) is 19.8. The van der Waals surface area contributed by atoms with Crippen LogP contribution in [-0.2, 0) is 19.3 Å². The topological polar surface area (TPSA) is 56.7 Å². The first-order valence-electron chi connectivity index (χ1n) is 11.8. The monoisotopic (exact) mass is 443 g/mol. The molecule has 0 aliphatic carbocycles. The fourth-order valence-corrected chi connectivity index (χ4v) is 4.86. The lowest BCUT2D eigenvalue weighted by molar-refractivity contribution is 0.0695. The normalized spacial score (nSPS) is 15.8. The van der Waals surface area contributed by atoms with Crippen molar-refractivity contribution in [2.24, 2.45) is 0 Å². The van der Waals surface area contributed by atoms with Crippen LogP contribution in [0.4, 0.5) is 11.4 Å². The summed E-state index contributed by atoms with van der Waals surface area (Å²) >= 11 is 0. The highest BCUT2D eigenvalue weighted by Gasteiger charge is 2.25. The minimum atomic E-state index is -0.889. The van der Waals surface area contributed by atoms with E-state index in [1.807, 2.05) is 0 Å². The van der Waals surface area contributed by atoms with Gasteiger partial charge in [0.2, 0.25) is 0 Å². The SMILES string of the molecule is CCCc1ccc(N(C)c2ccc3c(c2)CCN(C)[C@@H]3CCc2cnccc2C(=O)O)cc1. The highest BCUT2D eigenvalue weighted by Crippen LogP contribution is 2.35. The van der Waals surface area contributed by atoms with Crippen molar-refractivity contribution in [2.45, 2.75) is 45.1 Å². The summed E-state index contributed by atoms with van der Waals surface area (Å²) in [7, 11) is 4.28. The van der Waals surface area contributed by atoms with E-state index in [0.29, 0.717) is 12.0 Å². The number of fused-ring (bicyclic) bond motifs is 1. The molecule has 0 unspecified atom stereocenters. The van der Waals surface area contributed by atoms with Crippen LogP contribution < -0.4 is 4.90 Å². The second kappa shape index (κ2) is 10.2. The van der Waals surface area contributed by atoms with Gasteiger partial charge in [-0.05, 0) is 85.3 Å². The van der Waals surface area contributed by atoms with Crippen LogP contribution in [0.25, 0.3) is 0 Å². The number of likely N-dealkylation sites (N-methyl/N-ethyl adjacent to an activating group) is 1. The molecule has 4 rings (SSSR count). The molecule has 2 heterocycles. The molecule has 1 aromatic heterocycles. The molecule has 5 nitrogen and oxygen atoms in total. The molecule has 1 aliphatic heterocycles. The van der Waals surface area contributed by atoms with Crippen molar-refractivity contribution < 1.29 is 9.90 Å². The molecule has 1 aliphatic rings. The minimum absolute atomic E-state index is 0.267. The average molecular weight is 444 g/mol. The summed E-state index contributed by atoms with van der Waals surface area (Å²) in [4.78, 5) is 20.3. The van der Waals surface area contributed by atoms with Gasteiger partial charge in [-0.3, -0.25) is 9.88 Å². The highest BCUT2D eigenvalue weighted by molar-refractivity contribution is 5.89. The summed E-state index contributed by atoms with van der Waals surface area (Å²) in [6.45, 7) is 3.20. The summed E-state index contributed by atoms with van der Waals surface area (Å²) in [5, 5.41) is 9.49.